The third-order valence-corrected chi connectivity index (χ3v) is 3.95. The van der Waals surface area contributed by atoms with Gasteiger partial charge in [0.15, 0.2) is 0 Å². The Balaban J connectivity index is 1.94. The van der Waals surface area contributed by atoms with Crippen molar-refractivity contribution in [2.45, 2.75) is 26.8 Å². The van der Waals surface area contributed by atoms with Crippen LogP contribution in [-0.4, -0.2) is 23.3 Å². The van der Waals surface area contributed by atoms with Crippen LogP contribution >= 0.6 is 0 Å². The normalized spacial score (nSPS) is 9.96. The molecule has 2 rings (SSSR count). The van der Waals surface area contributed by atoms with Gasteiger partial charge in [-0.25, -0.2) is 0 Å². The summed E-state index contributed by atoms with van der Waals surface area (Å²) in [4.78, 5) is 25.7. The molecule has 0 aliphatic heterocycles. The molecule has 0 radical (unpaired) electrons. The predicted octanol–water partition coefficient (Wildman–Crippen LogP) is 3.24. The minimum absolute atomic E-state index is 0.0671. The summed E-state index contributed by atoms with van der Waals surface area (Å²) in [5, 5.41) is 11.6. The lowest BCUT2D eigenvalue weighted by molar-refractivity contribution is -0.129. The molecule has 1 N–H and O–H groups in total. The summed E-state index contributed by atoms with van der Waals surface area (Å²) >= 11 is 0. The van der Waals surface area contributed by atoms with Crippen molar-refractivity contribution in [1.82, 2.24) is 4.90 Å². The number of anilines is 1. The Morgan fingerprint density at radius 3 is 2.60 bits per heavy atom. The summed E-state index contributed by atoms with van der Waals surface area (Å²) in [7, 11) is 0. The highest BCUT2D eigenvalue weighted by molar-refractivity contribution is 5.91. The van der Waals surface area contributed by atoms with E-state index in [1.807, 2.05) is 37.3 Å². The predicted molar refractivity (Wildman–Crippen MR) is 96.7 cm³/mol. The van der Waals surface area contributed by atoms with Crippen molar-refractivity contribution >= 4 is 17.5 Å². The topological polar surface area (TPSA) is 73.2 Å². The van der Waals surface area contributed by atoms with Crippen LogP contribution in [0.15, 0.2) is 48.5 Å². The van der Waals surface area contributed by atoms with Crippen LogP contribution in [0, 0.1) is 18.3 Å². The molecule has 2 aromatic rings. The van der Waals surface area contributed by atoms with Gasteiger partial charge in [-0.3, -0.25) is 9.59 Å². The highest BCUT2D eigenvalue weighted by Crippen LogP contribution is 2.12. The molecule has 25 heavy (non-hydrogen) atoms. The molecule has 0 aliphatic carbocycles. The van der Waals surface area contributed by atoms with Crippen LogP contribution < -0.4 is 5.32 Å². The van der Waals surface area contributed by atoms with Crippen LogP contribution in [0.4, 0.5) is 5.69 Å². The fraction of sp³-hybridized carbons (Fsp3) is 0.250. The first-order chi connectivity index (χ1) is 12.0. The summed E-state index contributed by atoms with van der Waals surface area (Å²) < 4.78 is 0. The van der Waals surface area contributed by atoms with E-state index in [1.165, 1.54) is 6.92 Å². The number of nitrogens with zero attached hydrogens (tertiary/aromatic N) is 2. The molecule has 2 amide bonds. The second-order valence-corrected chi connectivity index (χ2v) is 5.86. The summed E-state index contributed by atoms with van der Waals surface area (Å²) in [6, 6.07) is 16.7. The highest BCUT2D eigenvalue weighted by Gasteiger charge is 2.13. The van der Waals surface area contributed by atoms with Crippen LogP contribution in [0.1, 0.15) is 30.0 Å². The average molecular weight is 335 g/mol. The van der Waals surface area contributed by atoms with Gasteiger partial charge in [-0.2, -0.15) is 5.26 Å². The van der Waals surface area contributed by atoms with Gasteiger partial charge in [-0.1, -0.05) is 30.3 Å². The summed E-state index contributed by atoms with van der Waals surface area (Å²) in [6.07, 6.45) is 0.197. The number of aryl methyl sites for hydroxylation is 1. The lowest BCUT2D eigenvalue weighted by Gasteiger charge is -2.22. The number of carbonyl (C=O) groups excluding carboxylic acids is 2. The van der Waals surface area contributed by atoms with E-state index in [1.54, 1.807) is 29.2 Å². The van der Waals surface area contributed by atoms with Crippen molar-refractivity contribution in [2.24, 2.45) is 0 Å². The molecule has 0 aromatic heterocycles. The summed E-state index contributed by atoms with van der Waals surface area (Å²) in [5.74, 6) is -0.256. The van der Waals surface area contributed by atoms with Gasteiger partial charge >= 0.3 is 0 Å². The van der Waals surface area contributed by atoms with Crippen molar-refractivity contribution in [3.8, 4) is 6.07 Å². The molecule has 128 valence electrons. The molecule has 0 heterocycles. The van der Waals surface area contributed by atoms with Gasteiger partial charge in [0, 0.05) is 32.1 Å². The van der Waals surface area contributed by atoms with Gasteiger partial charge in [0.2, 0.25) is 11.8 Å². The van der Waals surface area contributed by atoms with Gasteiger partial charge < -0.3 is 10.2 Å². The third-order valence-electron chi connectivity index (χ3n) is 3.95. The first-order valence-corrected chi connectivity index (χ1v) is 8.09. The van der Waals surface area contributed by atoms with Crippen LogP contribution in [0.3, 0.4) is 0 Å². The maximum atomic E-state index is 12.1. The number of benzene rings is 2. The van der Waals surface area contributed by atoms with Gasteiger partial charge in [0.25, 0.3) is 0 Å². The van der Waals surface area contributed by atoms with Crippen LogP contribution in [0.25, 0.3) is 0 Å². The van der Waals surface area contributed by atoms with Gasteiger partial charge in [-0.05, 0) is 36.2 Å². The molecule has 5 nitrogen and oxygen atoms in total. The Labute approximate surface area is 147 Å². The standard InChI is InChI=1S/C20H21N3O2/c1-15-6-3-4-8-18(15)14-23(16(2)24)11-10-20(25)22-19-9-5-7-17(12-19)13-21/h3-9,12H,10-11,14H2,1-2H3,(H,22,25). The zero-order valence-electron chi connectivity index (χ0n) is 14.5. The monoisotopic (exact) mass is 335 g/mol. The largest absolute Gasteiger partial charge is 0.338 e. The first-order valence-electron chi connectivity index (χ1n) is 8.09. The molecule has 0 spiro atoms. The number of rotatable bonds is 6. The Bertz CT molecular complexity index is 809. The van der Waals surface area contributed by atoms with E-state index in [9.17, 15) is 9.59 Å². The van der Waals surface area contributed by atoms with E-state index in [4.69, 9.17) is 5.26 Å². The Kier molecular flexibility index (Phi) is 6.30. The molecule has 0 fully saturated rings. The minimum Gasteiger partial charge on any atom is -0.338 e. The fourth-order valence-corrected chi connectivity index (χ4v) is 2.47. The third kappa shape index (κ3) is 5.47. The molecule has 0 bridgehead atoms. The molecule has 0 saturated heterocycles. The maximum absolute atomic E-state index is 12.1. The second-order valence-electron chi connectivity index (χ2n) is 5.86. The number of nitriles is 1. The number of amides is 2. The highest BCUT2D eigenvalue weighted by atomic mass is 16.2. The SMILES string of the molecule is CC(=O)N(CCC(=O)Nc1cccc(C#N)c1)Cc1ccccc1C. The smallest absolute Gasteiger partial charge is 0.226 e. The van der Waals surface area contributed by atoms with Crippen molar-refractivity contribution in [1.29, 1.82) is 5.26 Å². The molecule has 5 heteroatoms. The molecule has 0 aliphatic rings. The van der Waals surface area contributed by atoms with Gasteiger partial charge in [0.1, 0.15) is 0 Å². The Hall–Kier alpha value is -3.13. The van der Waals surface area contributed by atoms with E-state index >= 15 is 0 Å². The second kappa shape index (κ2) is 8.65. The van der Waals surface area contributed by atoms with Crippen LogP contribution in [0.5, 0.6) is 0 Å². The first kappa shape index (κ1) is 18.2. The van der Waals surface area contributed by atoms with Crippen LogP contribution in [0.2, 0.25) is 0 Å². The zero-order chi connectivity index (χ0) is 18.2. The van der Waals surface area contributed by atoms with E-state index in [0.717, 1.165) is 11.1 Å². The van der Waals surface area contributed by atoms with Crippen molar-refractivity contribution < 1.29 is 9.59 Å². The van der Waals surface area contributed by atoms with Gasteiger partial charge in [-0.15, -0.1) is 0 Å². The number of hydrogen-bond donors (Lipinski definition) is 1. The van der Waals surface area contributed by atoms with Gasteiger partial charge in [0.05, 0.1) is 11.6 Å². The number of hydrogen-bond acceptors (Lipinski definition) is 3. The molecule has 0 atom stereocenters. The lowest BCUT2D eigenvalue weighted by atomic mass is 10.1. The lowest BCUT2D eigenvalue weighted by Crippen LogP contribution is -2.31. The Morgan fingerprint density at radius 1 is 1.16 bits per heavy atom. The number of nitrogens with one attached hydrogen (secondary N) is 1. The maximum Gasteiger partial charge on any atom is 0.226 e. The quantitative estimate of drug-likeness (QED) is 0.881. The number of carbonyl (C=O) groups is 2. The van der Waals surface area contributed by atoms with Crippen molar-refractivity contribution in [3.05, 3.63) is 65.2 Å². The summed E-state index contributed by atoms with van der Waals surface area (Å²) in [6.45, 7) is 4.34. The van der Waals surface area contributed by atoms with E-state index < -0.39 is 0 Å². The van der Waals surface area contributed by atoms with Crippen LogP contribution in [-0.2, 0) is 16.1 Å². The van der Waals surface area contributed by atoms with E-state index in [0.29, 0.717) is 24.3 Å². The van der Waals surface area contributed by atoms with E-state index in [2.05, 4.69) is 5.32 Å². The molecule has 2 aromatic carbocycles. The molecule has 0 unspecified atom stereocenters. The van der Waals surface area contributed by atoms with E-state index in [-0.39, 0.29) is 18.2 Å². The average Bonchev–Trinajstić information content (AvgIpc) is 2.60. The van der Waals surface area contributed by atoms with Crippen molar-refractivity contribution in [3.63, 3.8) is 0 Å². The fourth-order valence-electron chi connectivity index (χ4n) is 2.47. The molecule has 0 saturated carbocycles. The minimum atomic E-state index is -0.189. The Morgan fingerprint density at radius 2 is 1.92 bits per heavy atom. The molecular weight excluding hydrogens is 314 g/mol. The molecular formula is C20H21N3O2. The summed E-state index contributed by atoms with van der Waals surface area (Å²) in [5.41, 5.74) is 3.26. The zero-order valence-corrected chi connectivity index (χ0v) is 14.5. The van der Waals surface area contributed by atoms with Crippen molar-refractivity contribution in [2.75, 3.05) is 11.9 Å².